The lowest BCUT2D eigenvalue weighted by Crippen LogP contribution is -2.45. The molecule has 142 valence electrons. The second-order valence-corrected chi connectivity index (χ2v) is 7.70. The van der Waals surface area contributed by atoms with Crippen LogP contribution < -0.4 is 10.9 Å². The largest absolute Gasteiger partial charge is 0.337 e. The average Bonchev–Trinajstić information content (AvgIpc) is 3.35. The van der Waals surface area contributed by atoms with Crippen molar-refractivity contribution in [3.63, 3.8) is 0 Å². The third-order valence-electron chi connectivity index (χ3n) is 4.81. The number of nitrogens with zero attached hydrogens (tertiary/aromatic N) is 4. The lowest BCUT2D eigenvalue weighted by molar-refractivity contribution is -0.119. The van der Waals surface area contributed by atoms with E-state index in [0.717, 1.165) is 30.3 Å². The van der Waals surface area contributed by atoms with Crippen LogP contribution in [0.15, 0.2) is 46.5 Å². The average molecular weight is 394 g/mol. The lowest BCUT2D eigenvalue weighted by atomic mass is 10.0. The van der Waals surface area contributed by atoms with Crippen molar-refractivity contribution in [3.05, 3.63) is 46.9 Å². The Morgan fingerprint density at radius 2 is 2.07 bits per heavy atom. The normalized spacial score (nSPS) is 15.4. The number of nitriles is 1. The quantitative estimate of drug-likeness (QED) is 0.506. The summed E-state index contributed by atoms with van der Waals surface area (Å²) in [6.45, 7) is 0. The second kappa shape index (κ2) is 7.48. The van der Waals surface area contributed by atoms with Crippen LogP contribution in [-0.4, -0.2) is 36.9 Å². The summed E-state index contributed by atoms with van der Waals surface area (Å²) in [4.78, 5) is 31.8. The van der Waals surface area contributed by atoms with Gasteiger partial charge in [0.1, 0.15) is 10.9 Å². The van der Waals surface area contributed by atoms with Gasteiger partial charge in [-0.15, -0.1) is 0 Å². The highest BCUT2D eigenvalue weighted by Crippen LogP contribution is 2.29. The van der Waals surface area contributed by atoms with Crippen LogP contribution in [0.25, 0.3) is 16.7 Å². The van der Waals surface area contributed by atoms with E-state index in [4.69, 9.17) is 0 Å². The number of aromatic nitrogens is 4. The van der Waals surface area contributed by atoms with E-state index in [1.165, 1.54) is 6.20 Å². The Hall–Kier alpha value is -3.12. The minimum Gasteiger partial charge on any atom is -0.337 e. The number of benzene rings is 1. The number of para-hydroxylation sites is 1. The van der Waals surface area contributed by atoms with Crippen LogP contribution in [0.1, 0.15) is 25.7 Å². The van der Waals surface area contributed by atoms with Crippen LogP contribution >= 0.6 is 11.8 Å². The summed E-state index contributed by atoms with van der Waals surface area (Å²) in [5.74, 6) is -0.176. The third-order valence-corrected chi connectivity index (χ3v) is 5.68. The van der Waals surface area contributed by atoms with Crippen LogP contribution in [0.4, 0.5) is 0 Å². The SMILES string of the molecule is N#CC1(NC(=O)CSc2nc3c(cnn3-c3ccccc3)c(=O)[nH]2)CCCC1. The summed E-state index contributed by atoms with van der Waals surface area (Å²) in [5, 5.41) is 17.2. The Bertz CT molecular complexity index is 1110. The van der Waals surface area contributed by atoms with E-state index in [0.29, 0.717) is 29.0 Å². The summed E-state index contributed by atoms with van der Waals surface area (Å²) < 4.78 is 1.60. The molecule has 0 radical (unpaired) electrons. The smallest absolute Gasteiger partial charge is 0.262 e. The Morgan fingerprint density at radius 3 is 2.79 bits per heavy atom. The zero-order chi connectivity index (χ0) is 19.6. The molecule has 1 aliphatic rings. The fraction of sp³-hybridized carbons (Fsp3) is 0.316. The maximum absolute atomic E-state index is 12.4. The highest BCUT2D eigenvalue weighted by molar-refractivity contribution is 7.99. The molecule has 2 aromatic heterocycles. The molecule has 9 heteroatoms. The van der Waals surface area contributed by atoms with Crippen molar-refractivity contribution in [2.75, 3.05) is 5.75 Å². The first-order valence-electron chi connectivity index (χ1n) is 8.99. The minimum atomic E-state index is -0.756. The van der Waals surface area contributed by atoms with Crippen LogP contribution in [0, 0.1) is 11.3 Å². The van der Waals surface area contributed by atoms with E-state index in [9.17, 15) is 14.9 Å². The molecular formula is C19H18N6O2S. The molecule has 1 aliphatic carbocycles. The Labute approximate surface area is 165 Å². The monoisotopic (exact) mass is 394 g/mol. The highest BCUT2D eigenvalue weighted by Gasteiger charge is 2.35. The molecule has 8 nitrogen and oxygen atoms in total. The fourth-order valence-electron chi connectivity index (χ4n) is 3.41. The van der Waals surface area contributed by atoms with Crippen molar-refractivity contribution >= 4 is 28.7 Å². The molecule has 0 aliphatic heterocycles. The number of hydrogen-bond acceptors (Lipinski definition) is 6. The number of amides is 1. The first-order valence-corrected chi connectivity index (χ1v) is 9.97. The molecule has 28 heavy (non-hydrogen) atoms. The first kappa shape index (κ1) is 18.3. The van der Waals surface area contributed by atoms with Crippen molar-refractivity contribution in [1.29, 1.82) is 5.26 Å². The van der Waals surface area contributed by atoms with Gasteiger partial charge in [0.2, 0.25) is 5.91 Å². The summed E-state index contributed by atoms with van der Waals surface area (Å²) in [5.41, 5.74) is 0.164. The van der Waals surface area contributed by atoms with Gasteiger partial charge in [-0.3, -0.25) is 9.59 Å². The molecule has 0 spiro atoms. The summed E-state index contributed by atoms with van der Waals surface area (Å²) >= 11 is 1.13. The van der Waals surface area contributed by atoms with Crippen molar-refractivity contribution < 1.29 is 4.79 Å². The maximum atomic E-state index is 12.4. The number of thioether (sulfide) groups is 1. The summed E-state index contributed by atoms with van der Waals surface area (Å²) in [6.07, 6.45) is 4.71. The van der Waals surface area contributed by atoms with E-state index in [1.807, 2.05) is 30.3 Å². The van der Waals surface area contributed by atoms with Crippen LogP contribution in [0.5, 0.6) is 0 Å². The van der Waals surface area contributed by atoms with Gasteiger partial charge in [0.15, 0.2) is 10.8 Å². The van der Waals surface area contributed by atoms with E-state index < -0.39 is 5.54 Å². The molecule has 1 amide bonds. The van der Waals surface area contributed by atoms with Crippen molar-refractivity contribution in [3.8, 4) is 11.8 Å². The molecule has 4 rings (SSSR count). The van der Waals surface area contributed by atoms with E-state index in [-0.39, 0.29) is 17.2 Å². The molecule has 0 saturated heterocycles. The predicted molar refractivity (Wildman–Crippen MR) is 105 cm³/mol. The standard InChI is InChI=1S/C19H18N6O2S/c20-12-19(8-4-5-9-19)24-15(26)11-28-18-22-16-14(17(27)23-18)10-21-25(16)13-6-2-1-3-7-13/h1-3,6-7,10H,4-5,8-9,11H2,(H,24,26)(H,22,23,27). The van der Waals surface area contributed by atoms with E-state index >= 15 is 0 Å². The van der Waals surface area contributed by atoms with Crippen LogP contribution in [0.2, 0.25) is 0 Å². The van der Waals surface area contributed by atoms with Crippen molar-refractivity contribution in [2.24, 2.45) is 0 Å². The van der Waals surface area contributed by atoms with Gasteiger partial charge in [0.05, 0.1) is 23.7 Å². The number of fused-ring (bicyclic) bond motifs is 1. The Morgan fingerprint density at radius 1 is 1.32 bits per heavy atom. The second-order valence-electron chi connectivity index (χ2n) is 6.74. The topological polar surface area (TPSA) is 116 Å². The fourth-order valence-corrected chi connectivity index (χ4v) is 4.06. The molecule has 2 heterocycles. The number of H-pyrrole nitrogens is 1. The number of carbonyl (C=O) groups excluding carboxylic acids is 1. The van der Waals surface area contributed by atoms with Gasteiger partial charge in [-0.05, 0) is 37.8 Å². The molecule has 0 bridgehead atoms. The Kier molecular flexibility index (Phi) is 4.88. The lowest BCUT2D eigenvalue weighted by Gasteiger charge is -2.21. The molecular weight excluding hydrogens is 376 g/mol. The van der Waals surface area contributed by atoms with Gasteiger partial charge in [0, 0.05) is 0 Å². The number of rotatable bonds is 5. The van der Waals surface area contributed by atoms with E-state index in [1.54, 1.807) is 4.68 Å². The molecule has 3 aromatic rings. The molecule has 1 saturated carbocycles. The van der Waals surface area contributed by atoms with Gasteiger partial charge in [0.25, 0.3) is 5.56 Å². The molecule has 0 unspecified atom stereocenters. The van der Waals surface area contributed by atoms with Gasteiger partial charge in [-0.25, -0.2) is 9.67 Å². The van der Waals surface area contributed by atoms with Gasteiger partial charge in [-0.1, -0.05) is 30.0 Å². The number of carbonyl (C=O) groups is 1. The zero-order valence-corrected chi connectivity index (χ0v) is 15.8. The summed E-state index contributed by atoms with van der Waals surface area (Å²) in [7, 11) is 0. The van der Waals surface area contributed by atoms with Crippen molar-refractivity contribution in [2.45, 2.75) is 36.4 Å². The van der Waals surface area contributed by atoms with E-state index in [2.05, 4.69) is 26.5 Å². The zero-order valence-electron chi connectivity index (χ0n) is 15.0. The summed E-state index contributed by atoms with van der Waals surface area (Å²) in [6, 6.07) is 11.6. The molecule has 1 fully saturated rings. The first-order chi connectivity index (χ1) is 13.6. The Balaban J connectivity index is 1.54. The number of hydrogen-bond donors (Lipinski definition) is 2. The highest BCUT2D eigenvalue weighted by atomic mass is 32.2. The van der Waals surface area contributed by atoms with Gasteiger partial charge >= 0.3 is 0 Å². The minimum absolute atomic E-state index is 0.0668. The maximum Gasteiger partial charge on any atom is 0.262 e. The van der Waals surface area contributed by atoms with Crippen LogP contribution in [-0.2, 0) is 4.79 Å². The number of aromatic amines is 1. The molecule has 0 atom stereocenters. The van der Waals surface area contributed by atoms with Gasteiger partial charge in [-0.2, -0.15) is 10.4 Å². The number of nitrogens with one attached hydrogen (secondary N) is 2. The van der Waals surface area contributed by atoms with Gasteiger partial charge < -0.3 is 10.3 Å². The third kappa shape index (κ3) is 3.51. The van der Waals surface area contributed by atoms with Crippen LogP contribution in [0.3, 0.4) is 0 Å². The molecule has 1 aromatic carbocycles. The molecule has 2 N–H and O–H groups in total. The van der Waals surface area contributed by atoms with Crippen molar-refractivity contribution in [1.82, 2.24) is 25.1 Å². The predicted octanol–water partition coefficient (Wildman–Crippen LogP) is 2.15.